The average molecular weight is 251 g/mol. The van der Waals surface area contributed by atoms with Gasteiger partial charge in [0, 0.05) is 31.2 Å². The monoisotopic (exact) mass is 251 g/mol. The number of nitrogens with one attached hydrogen (secondary N) is 1. The third-order valence-corrected chi connectivity index (χ3v) is 3.43. The van der Waals surface area contributed by atoms with Gasteiger partial charge >= 0.3 is 0 Å². The molecule has 0 bridgehead atoms. The third kappa shape index (κ3) is 2.60. The summed E-state index contributed by atoms with van der Waals surface area (Å²) in [4.78, 5) is 0. The predicted molar refractivity (Wildman–Crippen MR) is 70.5 cm³/mol. The summed E-state index contributed by atoms with van der Waals surface area (Å²) in [6.45, 7) is 2.64. The summed E-state index contributed by atoms with van der Waals surface area (Å²) < 4.78 is 16.1. The highest BCUT2D eigenvalue weighted by Crippen LogP contribution is 2.37. The Hall–Kier alpha value is -1.26. The molecule has 1 fully saturated rings. The molecule has 0 aromatic heterocycles. The Balaban J connectivity index is 2.44. The van der Waals surface area contributed by atoms with Gasteiger partial charge in [-0.2, -0.15) is 0 Å². The zero-order chi connectivity index (χ0) is 13.0. The van der Waals surface area contributed by atoms with Gasteiger partial charge in [0.2, 0.25) is 0 Å². The molecule has 0 spiro atoms. The molecule has 0 amide bonds. The van der Waals surface area contributed by atoms with E-state index in [0.717, 1.165) is 36.6 Å². The molecule has 1 aromatic carbocycles. The Morgan fingerprint density at radius 3 is 2.61 bits per heavy atom. The van der Waals surface area contributed by atoms with Crippen molar-refractivity contribution in [2.75, 3.05) is 34.4 Å². The molecular formula is C14H21NO3. The molecule has 100 valence electrons. The fourth-order valence-corrected chi connectivity index (χ4v) is 2.58. The van der Waals surface area contributed by atoms with Gasteiger partial charge in [-0.3, -0.25) is 0 Å². The van der Waals surface area contributed by atoms with Crippen LogP contribution in [0.4, 0.5) is 0 Å². The first-order chi connectivity index (χ1) is 8.80. The average Bonchev–Trinajstić information content (AvgIpc) is 2.91. The van der Waals surface area contributed by atoms with E-state index in [9.17, 15) is 0 Å². The molecule has 1 saturated heterocycles. The third-order valence-electron chi connectivity index (χ3n) is 3.43. The Kier molecular flexibility index (Phi) is 4.44. The minimum atomic E-state index is 0.496. The summed E-state index contributed by atoms with van der Waals surface area (Å²) in [6.07, 6.45) is 1.14. The smallest absolute Gasteiger partial charge is 0.126 e. The second kappa shape index (κ2) is 6.07. The van der Waals surface area contributed by atoms with Crippen molar-refractivity contribution >= 4 is 0 Å². The number of benzene rings is 1. The second-order valence-corrected chi connectivity index (χ2v) is 4.53. The first-order valence-electron chi connectivity index (χ1n) is 6.24. The summed E-state index contributed by atoms with van der Waals surface area (Å²) in [5, 5.41) is 3.39. The van der Waals surface area contributed by atoms with Crippen LogP contribution in [0.5, 0.6) is 11.5 Å². The van der Waals surface area contributed by atoms with Crippen LogP contribution in [0.3, 0.4) is 0 Å². The maximum absolute atomic E-state index is 5.52. The van der Waals surface area contributed by atoms with Crippen LogP contribution in [0, 0.1) is 0 Å². The zero-order valence-corrected chi connectivity index (χ0v) is 11.3. The zero-order valence-electron chi connectivity index (χ0n) is 11.3. The first-order valence-corrected chi connectivity index (χ1v) is 6.24. The van der Waals surface area contributed by atoms with Gasteiger partial charge in [-0.1, -0.05) is 0 Å². The molecule has 18 heavy (non-hydrogen) atoms. The summed E-state index contributed by atoms with van der Waals surface area (Å²) in [7, 11) is 5.09. The number of ether oxygens (including phenoxy) is 3. The van der Waals surface area contributed by atoms with Gasteiger partial charge in [-0.25, -0.2) is 0 Å². The summed E-state index contributed by atoms with van der Waals surface area (Å²) in [5.41, 5.74) is 2.41. The van der Waals surface area contributed by atoms with E-state index < -0.39 is 0 Å². The SMILES string of the molecule is COCc1cc(OC)cc(OC)c1C1CCNC1. The first kappa shape index (κ1) is 13.2. The van der Waals surface area contributed by atoms with Crippen LogP contribution in [0.25, 0.3) is 0 Å². The molecule has 0 radical (unpaired) electrons. The van der Waals surface area contributed by atoms with Crippen LogP contribution in [0.1, 0.15) is 23.5 Å². The van der Waals surface area contributed by atoms with Gasteiger partial charge in [0.05, 0.1) is 20.8 Å². The van der Waals surface area contributed by atoms with Crippen molar-refractivity contribution in [3.63, 3.8) is 0 Å². The van der Waals surface area contributed by atoms with Gasteiger partial charge in [0.1, 0.15) is 11.5 Å². The number of hydrogen-bond donors (Lipinski definition) is 1. The number of rotatable bonds is 5. The molecule has 2 rings (SSSR count). The molecule has 1 aromatic rings. The van der Waals surface area contributed by atoms with Gasteiger partial charge < -0.3 is 19.5 Å². The number of methoxy groups -OCH3 is 3. The van der Waals surface area contributed by atoms with Crippen LogP contribution < -0.4 is 14.8 Å². The molecule has 0 aliphatic carbocycles. The van der Waals surface area contributed by atoms with E-state index in [1.165, 1.54) is 5.56 Å². The predicted octanol–water partition coefficient (Wildman–Crippen LogP) is 1.93. The summed E-state index contributed by atoms with van der Waals surface area (Å²) >= 11 is 0. The Morgan fingerprint density at radius 2 is 2.06 bits per heavy atom. The van der Waals surface area contributed by atoms with Crippen molar-refractivity contribution in [2.45, 2.75) is 18.9 Å². The van der Waals surface area contributed by atoms with Crippen LogP contribution in [-0.4, -0.2) is 34.4 Å². The van der Waals surface area contributed by atoms with E-state index in [-0.39, 0.29) is 0 Å². The van der Waals surface area contributed by atoms with Gasteiger partial charge in [-0.15, -0.1) is 0 Å². The fraction of sp³-hybridized carbons (Fsp3) is 0.571. The number of hydrogen-bond acceptors (Lipinski definition) is 4. The molecule has 1 N–H and O–H groups in total. The Morgan fingerprint density at radius 1 is 1.22 bits per heavy atom. The second-order valence-electron chi connectivity index (χ2n) is 4.53. The van der Waals surface area contributed by atoms with E-state index in [2.05, 4.69) is 5.32 Å². The highest BCUT2D eigenvalue weighted by Gasteiger charge is 2.24. The lowest BCUT2D eigenvalue weighted by Gasteiger charge is -2.19. The van der Waals surface area contributed by atoms with Gasteiger partial charge in [-0.05, 0) is 24.6 Å². The minimum absolute atomic E-state index is 0.496. The molecule has 1 unspecified atom stereocenters. The maximum Gasteiger partial charge on any atom is 0.126 e. The lowest BCUT2D eigenvalue weighted by atomic mass is 9.92. The van der Waals surface area contributed by atoms with E-state index in [1.807, 2.05) is 12.1 Å². The Bertz CT molecular complexity index is 400. The normalized spacial score (nSPS) is 18.9. The van der Waals surface area contributed by atoms with Crippen LogP contribution in [0.2, 0.25) is 0 Å². The lowest BCUT2D eigenvalue weighted by Crippen LogP contribution is -2.11. The van der Waals surface area contributed by atoms with Crippen molar-refractivity contribution in [1.82, 2.24) is 5.32 Å². The maximum atomic E-state index is 5.52. The largest absolute Gasteiger partial charge is 0.497 e. The van der Waals surface area contributed by atoms with Crippen molar-refractivity contribution in [1.29, 1.82) is 0 Å². The highest BCUT2D eigenvalue weighted by molar-refractivity contribution is 5.49. The molecule has 1 heterocycles. The molecule has 1 atom stereocenters. The summed E-state index contributed by atoms with van der Waals surface area (Å²) in [6, 6.07) is 3.99. The molecule has 1 aliphatic rings. The van der Waals surface area contributed by atoms with Crippen molar-refractivity contribution < 1.29 is 14.2 Å². The van der Waals surface area contributed by atoms with E-state index >= 15 is 0 Å². The topological polar surface area (TPSA) is 39.7 Å². The van der Waals surface area contributed by atoms with Crippen LogP contribution in [0.15, 0.2) is 12.1 Å². The van der Waals surface area contributed by atoms with Gasteiger partial charge in [0.25, 0.3) is 0 Å². The van der Waals surface area contributed by atoms with Crippen molar-refractivity contribution in [3.05, 3.63) is 23.3 Å². The molecule has 4 heteroatoms. The van der Waals surface area contributed by atoms with Gasteiger partial charge in [0.15, 0.2) is 0 Å². The minimum Gasteiger partial charge on any atom is -0.497 e. The van der Waals surface area contributed by atoms with E-state index in [4.69, 9.17) is 14.2 Å². The summed E-state index contributed by atoms with van der Waals surface area (Å²) in [5.74, 6) is 2.21. The van der Waals surface area contributed by atoms with Crippen molar-refractivity contribution in [3.8, 4) is 11.5 Å². The molecular weight excluding hydrogens is 230 g/mol. The highest BCUT2D eigenvalue weighted by atomic mass is 16.5. The standard InChI is InChI=1S/C14H21NO3/c1-16-9-11-6-12(17-2)7-13(18-3)14(11)10-4-5-15-8-10/h6-7,10,15H,4-5,8-9H2,1-3H3. The Labute approximate surface area is 108 Å². The van der Waals surface area contributed by atoms with E-state index in [1.54, 1.807) is 21.3 Å². The van der Waals surface area contributed by atoms with Crippen LogP contribution in [-0.2, 0) is 11.3 Å². The van der Waals surface area contributed by atoms with E-state index in [0.29, 0.717) is 12.5 Å². The molecule has 0 saturated carbocycles. The van der Waals surface area contributed by atoms with Crippen molar-refractivity contribution in [2.24, 2.45) is 0 Å². The quantitative estimate of drug-likeness (QED) is 0.868. The fourth-order valence-electron chi connectivity index (χ4n) is 2.58. The molecule has 4 nitrogen and oxygen atoms in total. The van der Waals surface area contributed by atoms with Crippen LogP contribution >= 0.6 is 0 Å². The molecule has 1 aliphatic heterocycles. The lowest BCUT2D eigenvalue weighted by molar-refractivity contribution is 0.183.